The smallest absolute Gasteiger partial charge is 0.265 e. The number of rotatable bonds is 6. The number of hydrogen-bond donors (Lipinski definition) is 1. The number of furan rings is 1. The molecule has 2 heterocycles. The summed E-state index contributed by atoms with van der Waals surface area (Å²) in [5.74, 6) is -0.0144. The van der Waals surface area contributed by atoms with Crippen molar-refractivity contribution in [1.29, 1.82) is 0 Å². The van der Waals surface area contributed by atoms with Crippen LogP contribution < -0.4 is 10.9 Å². The van der Waals surface area contributed by atoms with E-state index in [1.807, 2.05) is 0 Å². The monoisotopic (exact) mass is 291 g/mol. The number of nitrogens with zero attached hydrogens (tertiary/aromatic N) is 2. The maximum atomic E-state index is 12.4. The Labute approximate surface area is 121 Å². The fraction of sp³-hybridized carbons (Fsp3) is 0.357. The number of allylic oxidation sites excluding steroid dienone is 1. The van der Waals surface area contributed by atoms with E-state index in [1.165, 1.54) is 10.9 Å². The molecule has 1 amide bonds. The van der Waals surface area contributed by atoms with E-state index in [4.69, 9.17) is 9.15 Å². The van der Waals surface area contributed by atoms with E-state index in [-0.39, 0.29) is 28.1 Å². The van der Waals surface area contributed by atoms with Gasteiger partial charge >= 0.3 is 0 Å². The average Bonchev–Trinajstić information content (AvgIpc) is 2.79. The quantitative estimate of drug-likeness (QED) is 0.630. The molecule has 0 spiro atoms. The number of nitrogens with one attached hydrogen (secondary N) is 1. The lowest BCUT2D eigenvalue weighted by molar-refractivity contribution is 0.0937. The third-order valence-corrected chi connectivity index (χ3v) is 3.00. The van der Waals surface area contributed by atoms with Crippen LogP contribution in [0.4, 0.5) is 0 Å². The SMILES string of the molecule is C=CCn1cnc2oc(C)c(C(=O)NCCOC)c2c1=O. The van der Waals surface area contributed by atoms with E-state index in [2.05, 4.69) is 16.9 Å². The molecule has 0 saturated carbocycles. The molecule has 0 atom stereocenters. The Morgan fingerprint density at radius 2 is 2.38 bits per heavy atom. The van der Waals surface area contributed by atoms with Gasteiger partial charge in [-0.25, -0.2) is 4.98 Å². The number of methoxy groups -OCH3 is 1. The van der Waals surface area contributed by atoms with Gasteiger partial charge in [-0.3, -0.25) is 14.2 Å². The van der Waals surface area contributed by atoms with Crippen LogP contribution in [0.3, 0.4) is 0 Å². The maximum absolute atomic E-state index is 12.4. The molecule has 7 heteroatoms. The lowest BCUT2D eigenvalue weighted by atomic mass is 10.2. The Kier molecular flexibility index (Phi) is 4.54. The number of aryl methyl sites for hydroxylation is 1. The standard InChI is InChI=1S/C14H17N3O4/c1-4-6-17-8-16-13-11(14(17)19)10(9(2)21-13)12(18)15-5-7-20-3/h4,8H,1,5-7H2,2-3H3,(H,15,18). The molecule has 0 radical (unpaired) electrons. The first-order valence-corrected chi connectivity index (χ1v) is 6.46. The summed E-state index contributed by atoms with van der Waals surface area (Å²) in [6.07, 6.45) is 2.96. The number of hydrogen-bond acceptors (Lipinski definition) is 5. The number of aromatic nitrogens is 2. The zero-order chi connectivity index (χ0) is 15.4. The van der Waals surface area contributed by atoms with Crippen molar-refractivity contribution in [2.24, 2.45) is 0 Å². The van der Waals surface area contributed by atoms with Crippen molar-refractivity contribution in [3.05, 3.63) is 40.7 Å². The Morgan fingerprint density at radius 1 is 1.62 bits per heavy atom. The molecule has 2 aromatic rings. The van der Waals surface area contributed by atoms with Gasteiger partial charge in [-0.1, -0.05) is 6.08 Å². The van der Waals surface area contributed by atoms with Gasteiger partial charge in [0.2, 0.25) is 5.71 Å². The molecule has 112 valence electrons. The molecule has 0 aliphatic rings. The predicted octanol–water partition coefficient (Wildman–Crippen LogP) is 0.860. The fourth-order valence-corrected chi connectivity index (χ4v) is 2.04. The summed E-state index contributed by atoms with van der Waals surface area (Å²) in [6, 6.07) is 0. The topological polar surface area (TPSA) is 86.4 Å². The van der Waals surface area contributed by atoms with E-state index in [0.29, 0.717) is 25.5 Å². The van der Waals surface area contributed by atoms with Crippen molar-refractivity contribution in [3.8, 4) is 0 Å². The van der Waals surface area contributed by atoms with Gasteiger partial charge in [0, 0.05) is 20.2 Å². The molecule has 21 heavy (non-hydrogen) atoms. The molecule has 0 aliphatic carbocycles. The highest BCUT2D eigenvalue weighted by molar-refractivity contribution is 6.06. The maximum Gasteiger partial charge on any atom is 0.265 e. The third-order valence-electron chi connectivity index (χ3n) is 3.00. The van der Waals surface area contributed by atoms with E-state index < -0.39 is 0 Å². The van der Waals surface area contributed by atoms with Crippen molar-refractivity contribution < 1.29 is 13.9 Å². The first-order valence-electron chi connectivity index (χ1n) is 6.46. The molecular formula is C14H17N3O4. The molecule has 0 saturated heterocycles. The minimum atomic E-state index is -0.376. The molecule has 0 aromatic carbocycles. The summed E-state index contributed by atoms with van der Waals surface area (Å²) >= 11 is 0. The second-order valence-corrected chi connectivity index (χ2v) is 4.45. The van der Waals surface area contributed by atoms with Gasteiger partial charge in [0.15, 0.2) is 0 Å². The number of carbonyl (C=O) groups is 1. The summed E-state index contributed by atoms with van der Waals surface area (Å²) < 4.78 is 11.6. The predicted molar refractivity (Wildman–Crippen MR) is 77.4 cm³/mol. The van der Waals surface area contributed by atoms with E-state index in [1.54, 1.807) is 20.1 Å². The number of carbonyl (C=O) groups excluding carboxylic acids is 1. The molecule has 0 unspecified atom stereocenters. The number of amides is 1. The Hall–Kier alpha value is -2.41. The fourth-order valence-electron chi connectivity index (χ4n) is 2.04. The van der Waals surface area contributed by atoms with Crippen LogP contribution in [0.1, 0.15) is 16.1 Å². The highest BCUT2D eigenvalue weighted by atomic mass is 16.5. The first kappa shape index (κ1) is 15.0. The van der Waals surface area contributed by atoms with Gasteiger partial charge in [-0.15, -0.1) is 6.58 Å². The highest BCUT2D eigenvalue weighted by Gasteiger charge is 2.22. The molecule has 2 rings (SSSR count). The summed E-state index contributed by atoms with van der Waals surface area (Å²) in [5, 5.41) is 2.86. The Bertz CT molecular complexity index is 730. The molecule has 0 fully saturated rings. The molecular weight excluding hydrogens is 274 g/mol. The normalized spacial score (nSPS) is 10.8. The zero-order valence-electron chi connectivity index (χ0n) is 12.0. The largest absolute Gasteiger partial charge is 0.442 e. The van der Waals surface area contributed by atoms with Crippen LogP contribution in [-0.4, -0.2) is 35.7 Å². The Balaban J connectivity index is 2.49. The molecule has 2 aromatic heterocycles. The summed E-state index contributed by atoms with van der Waals surface area (Å²) in [6.45, 7) is 6.27. The second-order valence-electron chi connectivity index (χ2n) is 4.45. The zero-order valence-corrected chi connectivity index (χ0v) is 12.0. The summed E-state index contributed by atoms with van der Waals surface area (Å²) in [7, 11) is 1.54. The van der Waals surface area contributed by atoms with Crippen molar-refractivity contribution in [2.75, 3.05) is 20.3 Å². The lowest BCUT2D eigenvalue weighted by Gasteiger charge is -2.04. The van der Waals surface area contributed by atoms with Gasteiger partial charge in [0.25, 0.3) is 11.5 Å². The van der Waals surface area contributed by atoms with Crippen LogP contribution in [0.25, 0.3) is 11.1 Å². The van der Waals surface area contributed by atoms with Crippen molar-refractivity contribution in [1.82, 2.24) is 14.9 Å². The number of ether oxygens (including phenoxy) is 1. The van der Waals surface area contributed by atoms with Gasteiger partial charge in [0.1, 0.15) is 17.5 Å². The highest BCUT2D eigenvalue weighted by Crippen LogP contribution is 2.20. The summed E-state index contributed by atoms with van der Waals surface area (Å²) in [5.41, 5.74) is 0.0559. The van der Waals surface area contributed by atoms with E-state index >= 15 is 0 Å². The van der Waals surface area contributed by atoms with Gasteiger partial charge in [-0.05, 0) is 6.92 Å². The van der Waals surface area contributed by atoms with Crippen LogP contribution >= 0.6 is 0 Å². The molecule has 0 aliphatic heterocycles. The van der Waals surface area contributed by atoms with Crippen molar-refractivity contribution in [3.63, 3.8) is 0 Å². The van der Waals surface area contributed by atoms with Gasteiger partial charge in [-0.2, -0.15) is 0 Å². The van der Waals surface area contributed by atoms with Crippen LogP contribution in [0, 0.1) is 6.92 Å². The number of fused-ring (bicyclic) bond motifs is 1. The van der Waals surface area contributed by atoms with Gasteiger partial charge in [0.05, 0.1) is 12.2 Å². The molecule has 7 nitrogen and oxygen atoms in total. The molecule has 0 bridgehead atoms. The van der Waals surface area contributed by atoms with Crippen molar-refractivity contribution in [2.45, 2.75) is 13.5 Å². The lowest BCUT2D eigenvalue weighted by Crippen LogP contribution is -2.29. The van der Waals surface area contributed by atoms with Crippen LogP contribution in [0.5, 0.6) is 0 Å². The van der Waals surface area contributed by atoms with E-state index in [0.717, 1.165) is 0 Å². The average molecular weight is 291 g/mol. The Morgan fingerprint density at radius 3 is 3.05 bits per heavy atom. The van der Waals surface area contributed by atoms with Crippen LogP contribution in [0.2, 0.25) is 0 Å². The minimum absolute atomic E-state index is 0.162. The minimum Gasteiger partial charge on any atom is -0.442 e. The molecule has 1 N–H and O–H groups in total. The first-order chi connectivity index (χ1) is 10.1. The van der Waals surface area contributed by atoms with Crippen LogP contribution in [-0.2, 0) is 11.3 Å². The third kappa shape index (κ3) is 2.87. The van der Waals surface area contributed by atoms with Crippen LogP contribution in [0.15, 0.2) is 28.2 Å². The second kappa shape index (κ2) is 6.36. The van der Waals surface area contributed by atoms with Gasteiger partial charge < -0.3 is 14.5 Å². The summed E-state index contributed by atoms with van der Waals surface area (Å²) in [4.78, 5) is 28.7. The van der Waals surface area contributed by atoms with E-state index in [9.17, 15) is 9.59 Å². The van der Waals surface area contributed by atoms with Crippen molar-refractivity contribution >= 4 is 17.0 Å².